The molecule has 0 spiro atoms. The average Bonchev–Trinajstić information content (AvgIpc) is 2.49. The lowest BCUT2D eigenvalue weighted by Crippen LogP contribution is -2.60. The molecule has 3 heterocycles. The highest BCUT2D eigenvalue weighted by Crippen LogP contribution is 2.39. The summed E-state index contributed by atoms with van der Waals surface area (Å²) in [5.41, 5.74) is 7.88. The van der Waals surface area contributed by atoms with Crippen LogP contribution in [0.4, 0.5) is 11.4 Å². The van der Waals surface area contributed by atoms with Gasteiger partial charge in [0.2, 0.25) is 5.91 Å². The average molecular weight is 285 g/mol. The fourth-order valence-corrected chi connectivity index (χ4v) is 4.51. The minimum absolute atomic E-state index is 0.391. The highest BCUT2D eigenvalue weighted by atomic mass is 16.2. The lowest BCUT2D eigenvalue weighted by Gasteiger charge is -2.53. The molecule has 4 rings (SSSR count). The van der Waals surface area contributed by atoms with Gasteiger partial charge < -0.3 is 15.5 Å². The number of fused-ring (bicyclic) bond motifs is 4. The Balaban J connectivity index is 1.55. The zero-order valence-electron chi connectivity index (χ0n) is 12.4. The molecule has 0 aromatic heterocycles. The molecule has 0 saturated carbocycles. The maximum absolute atomic E-state index is 12.1. The summed E-state index contributed by atoms with van der Waals surface area (Å²) in [6, 6.07) is 8.70. The van der Waals surface area contributed by atoms with Crippen LogP contribution in [0.25, 0.3) is 0 Å². The zero-order chi connectivity index (χ0) is 14.4. The molecule has 0 unspecified atom stereocenters. The van der Waals surface area contributed by atoms with Gasteiger partial charge in [0, 0.05) is 43.5 Å². The Morgan fingerprint density at radius 3 is 2.71 bits per heavy atom. The Morgan fingerprint density at radius 2 is 1.90 bits per heavy atom. The Hall–Kier alpha value is -1.71. The van der Waals surface area contributed by atoms with Gasteiger partial charge in [-0.05, 0) is 55.4 Å². The van der Waals surface area contributed by atoms with Gasteiger partial charge in [-0.15, -0.1) is 0 Å². The van der Waals surface area contributed by atoms with Crippen molar-refractivity contribution in [3.8, 4) is 0 Å². The van der Waals surface area contributed by atoms with Crippen molar-refractivity contribution >= 4 is 17.3 Å². The van der Waals surface area contributed by atoms with E-state index in [0.717, 1.165) is 38.2 Å². The van der Waals surface area contributed by atoms with Gasteiger partial charge in [0.05, 0.1) is 0 Å². The third-order valence-corrected chi connectivity index (χ3v) is 5.44. The fourth-order valence-electron chi connectivity index (χ4n) is 4.51. The van der Waals surface area contributed by atoms with Gasteiger partial charge in [-0.2, -0.15) is 0 Å². The van der Waals surface area contributed by atoms with E-state index in [-0.39, 0.29) is 0 Å². The highest BCUT2D eigenvalue weighted by molar-refractivity contribution is 5.77. The molecule has 0 aliphatic carbocycles. The smallest absolute Gasteiger partial charge is 0.222 e. The molecule has 2 N–H and O–H groups in total. The van der Waals surface area contributed by atoms with Gasteiger partial charge >= 0.3 is 0 Å². The summed E-state index contributed by atoms with van der Waals surface area (Å²) in [5, 5.41) is 0. The Labute approximate surface area is 125 Å². The zero-order valence-corrected chi connectivity index (χ0v) is 12.4. The molecule has 3 aliphatic heterocycles. The van der Waals surface area contributed by atoms with E-state index in [9.17, 15) is 4.79 Å². The van der Waals surface area contributed by atoms with Crippen LogP contribution in [-0.4, -0.2) is 36.5 Å². The summed E-state index contributed by atoms with van der Waals surface area (Å²) >= 11 is 0. The number of carbonyl (C=O) groups excluding carboxylic acids is 1. The molecular weight excluding hydrogens is 262 g/mol. The predicted molar refractivity (Wildman–Crippen MR) is 84.0 cm³/mol. The molecule has 3 atom stereocenters. The van der Waals surface area contributed by atoms with E-state index >= 15 is 0 Å². The molecular formula is C17H23N3O. The third-order valence-electron chi connectivity index (χ3n) is 5.44. The van der Waals surface area contributed by atoms with E-state index < -0.39 is 0 Å². The molecule has 0 radical (unpaired) electrons. The molecule has 1 aromatic carbocycles. The lowest BCUT2D eigenvalue weighted by molar-refractivity contribution is -0.142. The predicted octanol–water partition coefficient (Wildman–Crippen LogP) is 2.11. The first-order chi connectivity index (χ1) is 10.2. The Morgan fingerprint density at radius 1 is 1.10 bits per heavy atom. The molecule has 3 saturated heterocycles. The number of nitrogen functional groups attached to an aromatic ring is 1. The number of carbonyl (C=O) groups is 1. The molecule has 21 heavy (non-hydrogen) atoms. The first kappa shape index (κ1) is 13.0. The first-order valence-corrected chi connectivity index (χ1v) is 8.10. The molecule has 1 amide bonds. The number of benzene rings is 1. The van der Waals surface area contributed by atoms with Gasteiger partial charge in [-0.25, -0.2) is 0 Å². The van der Waals surface area contributed by atoms with Crippen molar-refractivity contribution in [2.75, 3.05) is 30.3 Å². The molecule has 2 bridgehead atoms. The van der Waals surface area contributed by atoms with Crippen LogP contribution < -0.4 is 10.6 Å². The van der Waals surface area contributed by atoms with Crippen LogP contribution in [0.15, 0.2) is 24.3 Å². The molecule has 112 valence electrons. The van der Waals surface area contributed by atoms with Crippen LogP contribution in [0.3, 0.4) is 0 Å². The summed E-state index contributed by atoms with van der Waals surface area (Å²) in [6.45, 7) is 3.11. The van der Waals surface area contributed by atoms with Crippen LogP contribution >= 0.6 is 0 Å². The van der Waals surface area contributed by atoms with Crippen LogP contribution in [0, 0.1) is 11.8 Å². The summed E-state index contributed by atoms with van der Waals surface area (Å²) in [4.78, 5) is 16.8. The minimum Gasteiger partial charge on any atom is -0.399 e. The van der Waals surface area contributed by atoms with Crippen molar-refractivity contribution in [1.82, 2.24) is 4.90 Å². The van der Waals surface area contributed by atoms with E-state index in [1.54, 1.807) is 0 Å². The van der Waals surface area contributed by atoms with Crippen molar-refractivity contribution in [3.05, 3.63) is 24.3 Å². The second-order valence-corrected chi connectivity index (χ2v) is 6.86. The highest BCUT2D eigenvalue weighted by Gasteiger charge is 2.43. The molecule has 1 aromatic rings. The Kier molecular flexibility index (Phi) is 3.05. The van der Waals surface area contributed by atoms with Crippen LogP contribution in [-0.2, 0) is 4.79 Å². The standard InChI is InChI=1S/C17H23N3O/c18-14-4-6-15(7-5-14)19-9-12-8-13(11-19)16-2-1-3-17(21)20(16)10-12/h4-7,12-13,16H,1-3,8-11,18H2/t12-,13-,16-/m0/s1. The van der Waals surface area contributed by atoms with Gasteiger partial charge in [0.1, 0.15) is 0 Å². The summed E-state index contributed by atoms with van der Waals surface area (Å²) < 4.78 is 0. The normalized spacial score (nSPS) is 32.0. The van der Waals surface area contributed by atoms with Gasteiger partial charge in [0.15, 0.2) is 0 Å². The number of hydrogen-bond donors (Lipinski definition) is 1. The van der Waals surface area contributed by atoms with E-state index in [2.05, 4.69) is 21.9 Å². The number of rotatable bonds is 1. The molecule has 3 aliphatic rings. The van der Waals surface area contributed by atoms with Gasteiger partial charge in [-0.1, -0.05) is 0 Å². The van der Waals surface area contributed by atoms with Crippen molar-refractivity contribution in [1.29, 1.82) is 0 Å². The number of nitrogens with two attached hydrogens (primary N) is 1. The maximum Gasteiger partial charge on any atom is 0.222 e. The number of amides is 1. The summed E-state index contributed by atoms with van der Waals surface area (Å²) in [7, 11) is 0. The third kappa shape index (κ3) is 2.27. The van der Waals surface area contributed by atoms with Gasteiger partial charge in [-0.3, -0.25) is 4.79 Å². The van der Waals surface area contributed by atoms with Crippen molar-refractivity contribution in [3.63, 3.8) is 0 Å². The van der Waals surface area contributed by atoms with E-state index in [4.69, 9.17) is 5.73 Å². The summed E-state index contributed by atoms with van der Waals surface area (Å²) in [5.74, 6) is 1.65. The quantitative estimate of drug-likeness (QED) is 0.804. The number of hydrogen-bond acceptors (Lipinski definition) is 3. The number of piperidine rings is 3. The van der Waals surface area contributed by atoms with Gasteiger partial charge in [0.25, 0.3) is 0 Å². The maximum atomic E-state index is 12.1. The first-order valence-electron chi connectivity index (χ1n) is 8.10. The van der Waals surface area contributed by atoms with E-state index in [0.29, 0.717) is 23.8 Å². The monoisotopic (exact) mass is 285 g/mol. The van der Waals surface area contributed by atoms with Crippen molar-refractivity contribution in [2.24, 2.45) is 11.8 Å². The fraction of sp³-hybridized carbons (Fsp3) is 0.588. The second-order valence-electron chi connectivity index (χ2n) is 6.86. The molecule has 3 fully saturated rings. The molecule has 4 nitrogen and oxygen atoms in total. The largest absolute Gasteiger partial charge is 0.399 e. The van der Waals surface area contributed by atoms with E-state index in [1.807, 2.05) is 12.1 Å². The van der Waals surface area contributed by atoms with Crippen LogP contribution in [0.2, 0.25) is 0 Å². The second kappa shape index (κ2) is 4.93. The lowest BCUT2D eigenvalue weighted by atomic mass is 9.76. The Bertz CT molecular complexity index is 541. The van der Waals surface area contributed by atoms with Crippen molar-refractivity contribution in [2.45, 2.75) is 31.7 Å². The van der Waals surface area contributed by atoms with Crippen LogP contribution in [0.5, 0.6) is 0 Å². The number of nitrogens with zero attached hydrogens (tertiary/aromatic N) is 2. The van der Waals surface area contributed by atoms with Crippen molar-refractivity contribution < 1.29 is 4.79 Å². The minimum atomic E-state index is 0.391. The summed E-state index contributed by atoms with van der Waals surface area (Å²) in [6.07, 6.45) is 4.32. The topological polar surface area (TPSA) is 49.6 Å². The SMILES string of the molecule is Nc1ccc(N2C[C@@H]3C[C@@H](C2)[C@@H]2CCCC(=O)N2C3)cc1. The number of anilines is 2. The van der Waals surface area contributed by atoms with Crippen LogP contribution in [0.1, 0.15) is 25.7 Å². The van der Waals surface area contributed by atoms with E-state index in [1.165, 1.54) is 18.5 Å². The molecule has 4 heteroatoms.